The van der Waals surface area contributed by atoms with Crippen molar-refractivity contribution < 1.29 is 0 Å². The number of allylic oxidation sites excluding steroid dienone is 1. The molecule has 0 amide bonds. The van der Waals surface area contributed by atoms with Crippen molar-refractivity contribution in [1.29, 1.82) is 5.26 Å². The number of rotatable bonds is 2. The number of aryl methyl sites for hydroxylation is 1. The molecule has 5 heteroatoms. The van der Waals surface area contributed by atoms with Crippen molar-refractivity contribution in [3.05, 3.63) is 74.9 Å². The van der Waals surface area contributed by atoms with Gasteiger partial charge in [0.05, 0.1) is 16.3 Å². The van der Waals surface area contributed by atoms with Crippen LogP contribution in [0.5, 0.6) is 0 Å². The third-order valence-corrected chi connectivity index (χ3v) is 4.41. The van der Waals surface area contributed by atoms with Gasteiger partial charge in [-0.15, -0.1) is 0 Å². The first-order valence-corrected chi connectivity index (χ1v) is 7.91. The highest BCUT2D eigenvalue weighted by atomic mass is 35.5. The molecule has 2 heterocycles. The highest BCUT2D eigenvalue weighted by Crippen LogP contribution is 2.35. The van der Waals surface area contributed by atoms with E-state index in [9.17, 15) is 5.26 Å². The van der Waals surface area contributed by atoms with E-state index >= 15 is 0 Å². The molecule has 3 rings (SSSR count). The lowest BCUT2D eigenvalue weighted by atomic mass is 10.0. The van der Waals surface area contributed by atoms with Gasteiger partial charge in [-0.2, -0.15) is 5.26 Å². The molecule has 1 aromatic heterocycles. The molecule has 0 saturated heterocycles. The minimum absolute atomic E-state index is 0.383. The Kier molecular flexibility index (Phi) is 4.19. The van der Waals surface area contributed by atoms with Crippen LogP contribution in [-0.2, 0) is 0 Å². The average Bonchev–Trinajstić information content (AvgIpc) is 3.02. The molecule has 0 spiro atoms. The molecule has 0 atom stereocenters. The largest absolute Gasteiger partial charge is 0.348 e. The predicted molar refractivity (Wildman–Crippen MR) is 91.7 cm³/mol. The Hall–Kier alpha value is -2.22. The number of aromatic nitrogens is 1. The lowest BCUT2D eigenvalue weighted by Crippen LogP contribution is -2.07. The maximum atomic E-state index is 9.56. The summed E-state index contributed by atoms with van der Waals surface area (Å²) in [5, 5.41) is 16.1. The van der Waals surface area contributed by atoms with E-state index in [4.69, 9.17) is 11.6 Å². The van der Waals surface area contributed by atoms with Crippen LogP contribution in [0.3, 0.4) is 0 Å². The first-order valence-electron chi connectivity index (χ1n) is 6.65. The summed E-state index contributed by atoms with van der Waals surface area (Å²) < 4.78 is 0. The fraction of sp³-hybridized carbons (Fsp3) is 0.0588. The molecule has 0 unspecified atom stereocenters. The normalized spacial score (nSPS) is 15.8. The van der Waals surface area contributed by atoms with Gasteiger partial charge in [-0.1, -0.05) is 53.7 Å². The molecule has 1 aliphatic rings. The number of hydrogen-bond acceptors (Lipinski definition) is 4. The molecule has 1 aromatic carbocycles. The van der Waals surface area contributed by atoms with Crippen molar-refractivity contribution in [1.82, 2.24) is 10.3 Å². The SMILES string of the molecule is Cc1cnc(Cl)cc1/C(C#N)=C1/NC(c2ccccc2)=CS1. The monoisotopic (exact) mass is 325 g/mol. The molecule has 0 bridgehead atoms. The van der Waals surface area contributed by atoms with Crippen molar-refractivity contribution >= 4 is 34.6 Å². The standard InChI is InChI=1S/C17H12ClN3S/c1-11-9-20-16(18)7-13(11)14(8-19)17-21-15(10-22-17)12-5-3-2-4-6-12/h2-7,9-10,21H,1H3/b17-14-. The molecule has 1 N–H and O–H groups in total. The first-order chi connectivity index (χ1) is 10.7. The van der Waals surface area contributed by atoms with Crippen LogP contribution >= 0.6 is 23.4 Å². The van der Waals surface area contributed by atoms with Gasteiger partial charge in [-0.3, -0.25) is 0 Å². The van der Waals surface area contributed by atoms with E-state index in [0.717, 1.165) is 27.4 Å². The molecule has 0 radical (unpaired) electrons. The third kappa shape index (κ3) is 2.87. The van der Waals surface area contributed by atoms with Crippen LogP contribution in [0, 0.1) is 18.3 Å². The topological polar surface area (TPSA) is 48.7 Å². The fourth-order valence-corrected chi connectivity index (χ4v) is 3.21. The molecule has 0 aliphatic carbocycles. The average molecular weight is 326 g/mol. The lowest BCUT2D eigenvalue weighted by Gasteiger charge is -2.09. The van der Waals surface area contributed by atoms with Crippen molar-refractivity contribution in [2.45, 2.75) is 6.92 Å². The molecular weight excluding hydrogens is 314 g/mol. The van der Waals surface area contributed by atoms with Crippen molar-refractivity contribution in [2.24, 2.45) is 0 Å². The van der Waals surface area contributed by atoms with E-state index in [2.05, 4.69) is 16.4 Å². The molecule has 1 aliphatic heterocycles. The number of halogens is 1. The third-order valence-electron chi connectivity index (χ3n) is 3.31. The number of thioether (sulfide) groups is 1. The van der Waals surface area contributed by atoms with Gasteiger partial charge in [0, 0.05) is 17.2 Å². The van der Waals surface area contributed by atoms with Crippen LogP contribution in [0.1, 0.15) is 16.7 Å². The Morgan fingerprint density at radius 3 is 2.82 bits per heavy atom. The van der Waals surface area contributed by atoms with Crippen molar-refractivity contribution in [3.63, 3.8) is 0 Å². The maximum absolute atomic E-state index is 9.56. The van der Waals surface area contributed by atoms with Gasteiger partial charge < -0.3 is 5.32 Å². The predicted octanol–water partition coefficient (Wildman–Crippen LogP) is 4.57. The van der Waals surface area contributed by atoms with E-state index in [1.165, 1.54) is 11.8 Å². The summed E-state index contributed by atoms with van der Waals surface area (Å²) in [6.07, 6.45) is 1.68. The zero-order chi connectivity index (χ0) is 15.5. The van der Waals surface area contributed by atoms with Crippen molar-refractivity contribution in [3.8, 4) is 6.07 Å². The van der Waals surface area contributed by atoms with Gasteiger partial charge >= 0.3 is 0 Å². The van der Waals surface area contributed by atoms with Gasteiger partial charge in [0.25, 0.3) is 0 Å². The second kappa shape index (κ2) is 6.27. The van der Waals surface area contributed by atoms with E-state index in [1.54, 1.807) is 12.3 Å². The molecule has 2 aromatic rings. The second-order valence-electron chi connectivity index (χ2n) is 4.78. The minimum Gasteiger partial charge on any atom is -0.348 e. The van der Waals surface area contributed by atoms with Crippen LogP contribution in [0.2, 0.25) is 5.15 Å². The maximum Gasteiger partial charge on any atom is 0.129 e. The Morgan fingerprint density at radius 1 is 1.32 bits per heavy atom. The first kappa shape index (κ1) is 14.7. The molecular formula is C17H12ClN3S. The number of hydrogen-bond donors (Lipinski definition) is 1. The highest BCUT2D eigenvalue weighted by Gasteiger charge is 2.18. The number of pyridine rings is 1. The summed E-state index contributed by atoms with van der Waals surface area (Å²) in [5.74, 6) is 0. The number of nitrogens with zero attached hydrogens (tertiary/aromatic N) is 2. The number of nitriles is 1. The smallest absolute Gasteiger partial charge is 0.129 e. The van der Waals surface area contributed by atoms with Crippen LogP contribution < -0.4 is 5.32 Å². The summed E-state index contributed by atoms with van der Waals surface area (Å²) in [7, 11) is 0. The summed E-state index contributed by atoms with van der Waals surface area (Å²) in [6.45, 7) is 1.92. The fourth-order valence-electron chi connectivity index (χ4n) is 2.18. The van der Waals surface area contributed by atoms with Gasteiger partial charge in [0.15, 0.2) is 0 Å². The molecule has 3 nitrogen and oxygen atoms in total. The lowest BCUT2D eigenvalue weighted by molar-refractivity contribution is 1.20. The summed E-state index contributed by atoms with van der Waals surface area (Å²) in [6, 6.07) is 14.0. The van der Waals surface area contributed by atoms with Crippen molar-refractivity contribution in [2.75, 3.05) is 0 Å². The van der Waals surface area contributed by atoms with Crippen LogP contribution in [0.15, 0.2) is 53.0 Å². The Morgan fingerprint density at radius 2 is 2.09 bits per heavy atom. The quantitative estimate of drug-likeness (QED) is 0.649. The Bertz CT molecular complexity index is 820. The number of nitrogens with one attached hydrogen (secondary N) is 1. The van der Waals surface area contributed by atoms with Gasteiger partial charge in [0.1, 0.15) is 11.2 Å². The molecule has 22 heavy (non-hydrogen) atoms. The van der Waals surface area contributed by atoms with E-state index in [-0.39, 0.29) is 0 Å². The Labute approximate surface area is 138 Å². The highest BCUT2D eigenvalue weighted by molar-refractivity contribution is 8.06. The minimum atomic E-state index is 0.383. The Balaban J connectivity index is 1.97. The van der Waals surface area contributed by atoms with E-state index in [0.29, 0.717) is 10.7 Å². The second-order valence-corrected chi connectivity index (χ2v) is 6.05. The van der Waals surface area contributed by atoms with Crippen LogP contribution in [0.25, 0.3) is 11.3 Å². The van der Waals surface area contributed by atoms with E-state index in [1.807, 2.05) is 42.7 Å². The van der Waals surface area contributed by atoms with Crippen LogP contribution in [-0.4, -0.2) is 4.98 Å². The zero-order valence-electron chi connectivity index (χ0n) is 11.8. The summed E-state index contributed by atoms with van der Waals surface area (Å²) in [5.41, 5.74) is 4.39. The van der Waals surface area contributed by atoms with Gasteiger partial charge in [-0.05, 0) is 24.1 Å². The molecule has 0 fully saturated rings. The van der Waals surface area contributed by atoms with Crippen LogP contribution in [0.4, 0.5) is 0 Å². The van der Waals surface area contributed by atoms with E-state index < -0.39 is 0 Å². The molecule has 108 valence electrons. The van der Waals surface area contributed by atoms with Gasteiger partial charge in [-0.25, -0.2) is 4.98 Å². The summed E-state index contributed by atoms with van der Waals surface area (Å²) in [4.78, 5) is 4.04. The summed E-state index contributed by atoms with van der Waals surface area (Å²) >= 11 is 7.47. The van der Waals surface area contributed by atoms with Gasteiger partial charge in [0.2, 0.25) is 0 Å². The molecule has 0 saturated carbocycles. The zero-order valence-corrected chi connectivity index (χ0v) is 13.4. The number of benzene rings is 1.